The summed E-state index contributed by atoms with van der Waals surface area (Å²) in [6, 6.07) is 5.06. The normalized spacial score (nSPS) is 18.5. The fraction of sp³-hybridized carbons (Fsp3) is 0.630. The predicted molar refractivity (Wildman–Crippen MR) is 138 cm³/mol. The zero-order chi connectivity index (χ0) is 27.0. The van der Waals surface area contributed by atoms with Crippen molar-refractivity contribution >= 4 is 23.8 Å². The van der Waals surface area contributed by atoms with Crippen LogP contribution in [0.2, 0.25) is 0 Å². The van der Waals surface area contributed by atoms with Gasteiger partial charge < -0.3 is 26.0 Å². The van der Waals surface area contributed by atoms with Crippen molar-refractivity contribution in [3.05, 3.63) is 35.4 Å². The SMILES string of the molecule is CCCCCNC(=O)C(c1ccccc1C)N(C(=O)C(CC(N)=O)NC(=O)OC(C)(C)C)C1CC1C. The third kappa shape index (κ3) is 8.53. The number of hydrogen-bond acceptors (Lipinski definition) is 5. The van der Waals surface area contributed by atoms with E-state index in [9.17, 15) is 19.2 Å². The maximum absolute atomic E-state index is 14.0. The standard InChI is InChI=1S/C27H42N4O5/c1-7-8-11-14-29-24(33)23(19-13-10-9-12-17(19)2)31(21-15-18(21)3)25(34)20(16-22(28)32)30-26(35)36-27(4,5)6/h9-10,12-13,18,20-21,23H,7-8,11,14-16H2,1-6H3,(H2,28,32)(H,29,33)(H,30,35). The fourth-order valence-electron chi connectivity index (χ4n) is 4.20. The van der Waals surface area contributed by atoms with Crippen molar-refractivity contribution in [3.8, 4) is 0 Å². The zero-order valence-electron chi connectivity index (χ0n) is 22.4. The van der Waals surface area contributed by atoms with Crippen molar-refractivity contribution in [2.75, 3.05) is 6.54 Å². The molecule has 0 spiro atoms. The smallest absolute Gasteiger partial charge is 0.408 e. The van der Waals surface area contributed by atoms with Gasteiger partial charge in [0, 0.05) is 12.6 Å². The maximum Gasteiger partial charge on any atom is 0.408 e. The molecule has 0 aromatic heterocycles. The summed E-state index contributed by atoms with van der Waals surface area (Å²) >= 11 is 0. The number of nitrogens with one attached hydrogen (secondary N) is 2. The van der Waals surface area contributed by atoms with Crippen molar-refractivity contribution in [3.63, 3.8) is 0 Å². The molecule has 0 aliphatic heterocycles. The van der Waals surface area contributed by atoms with Gasteiger partial charge in [0.15, 0.2) is 0 Å². The molecule has 0 radical (unpaired) electrons. The summed E-state index contributed by atoms with van der Waals surface area (Å²) in [5.74, 6) is -1.40. The number of alkyl carbamates (subject to hydrolysis) is 1. The number of benzene rings is 1. The molecule has 1 aliphatic rings. The van der Waals surface area contributed by atoms with E-state index in [1.165, 1.54) is 4.90 Å². The number of carbonyl (C=O) groups excluding carboxylic acids is 4. The number of unbranched alkanes of at least 4 members (excludes halogenated alkanes) is 2. The Morgan fingerprint density at radius 3 is 2.33 bits per heavy atom. The van der Waals surface area contributed by atoms with E-state index in [1.807, 2.05) is 38.1 Å². The Morgan fingerprint density at radius 1 is 1.17 bits per heavy atom. The lowest BCUT2D eigenvalue weighted by Crippen LogP contribution is -2.55. The fourth-order valence-corrected chi connectivity index (χ4v) is 4.20. The molecule has 4 amide bonds. The van der Waals surface area contributed by atoms with Crippen LogP contribution in [0.15, 0.2) is 24.3 Å². The Labute approximate surface area is 214 Å². The van der Waals surface area contributed by atoms with E-state index in [1.54, 1.807) is 20.8 Å². The quantitative estimate of drug-likeness (QED) is 0.377. The third-order valence-corrected chi connectivity index (χ3v) is 6.16. The second-order valence-corrected chi connectivity index (χ2v) is 10.7. The first-order valence-corrected chi connectivity index (χ1v) is 12.8. The number of rotatable bonds is 12. The molecule has 1 fully saturated rings. The summed E-state index contributed by atoms with van der Waals surface area (Å²) in [5.41, 5.74) is 6.21. The largest absolute Gasteiger partial charge is 0.444 e. The Bertz CT molecular complexity index is 942. The number of nitrogens with two attached hydrogens (primary N) is 1. The van der Waals surface area contributed by atoms with Crippen LogP contribution in [0.5, 0.6) is 0 Å². The molecule has 4 atom stereocenters. The minimum Gasteiger partial charge on any atom is -0.444 e. The molecule has 2 rings (SSSR count). The van der Waals surface area contributed by atoms with Crippen LogP contribution in [0.3, 0.4) is 0 Å². The highest BCUT2D eigenvalue weighted by Gasteiger charge is 2.48. The van der Waals surface area contributed by atoms with Gasteiger partial charge in [-0.05, 0) is 57.6 Å². The van der Waals surface area contributed by atoms with E-state index >= 15 is 0 Å². The number of carbonyl (C=O) groups is 4. The Hall–Kier alpha value is -3.10. The van der Waals surface area contributed by atoms with Crippen molar-refractivity contribution in [2.24, 2.45) is 11.7 Å². The predicted octanol–water partition coefficient (Wildman–Crippen LogP) is 3.35. The average Bonchev–Trinajstić information content (AvgIpc) is 3.48. The molecule has 0 saturated heterocycles. The number of ether oxygens (including phenoxy) is 1. The van der Waals surface area contributed by atoms with Gasteiger partial charge in [-0.1, -0.05) is 51.0 Å². The van der Waals surface area contributed by atoms with Gasteiger partial charge in [0.2, 0.25) is 17.7 Å². The second-order valence-electron chi connectivity index (χ2n) is 10.7. The van der Waals surface area contributed by atoms with E-state index in [0.29, 0.717) is 18.5 Å². The lowest BCUT2D eigenvalue weighted by Gasteiger charge is -2.35. The molecule has 4 N–H and O–H groups in total. The van der Waals surface area contributed by atoms with E-state index in [4.69, 9.17) is 10.5 Å². The first-order valence-electron chi connectivity index (χ1n) is 12.8. The molecule has 9 nitrogen and oxygen atoms in total. The zero-order valence-corrected chi connectivity index (χ0v) is 22.4. The molecular weight excluding hydrogens is 460 g/mol. The number of primary amides is 1. The van der Waals surface area contributed by atoms with Crippen molar-refractivity contribution in [1.82, 2.24) is 15.5 Å². The highest BCUT2D eigenvalue weighted by atomic mass is 16.6. The molecule has 36 heavy (non-hydrogen) atoms. The molecular formula is C27H42N4O5. The first-order chi connectivity index (χ1) is 16.9. The van der Waals surface area contributed by atoms with E-state index in [0.717, 1.165) is 24.8 Å². The Balaban J connectivity index is 2.45. The van der Waals surface area contributed by atoms with Gasteiger partial charge in [0.05, 0.1) is 6.42 Å². The van der Waals surface area contributed by atoms with Crippen LogP contribution < -0.4 is 16.4 Å². The minimum atomic E-state index is -1.26. The lowest BCUT2D eigenvalue weighted by molar-refractivity contribution is -0.144. The van der Waals surface area contributed by atoms with E-state index < -0.39 is 42.0 Å². The average molecular weight is 503 g/mol. The molecule has 0 heterocycles. The minimum absolute atomic E-state index is 0.170. The Kier molecular flexibility index (Phi) is 10.3. The number of hydrogen-bond donors (Lipinski definition) is 3. The van der Waals surface area contributed by atoms with Crippen LogP contribution in [-0.4, -0.2) is 52.9 Å². The van der Waals surface area contributed by atoms with Gasteiger partial charge >= 0.3 is 6.09 Å². The van der Waals surface area contributed by atoms with Crippen LogP contribution in [0.25, 0.3) is 0 Å². The van der Waals surface area contributed by atoms with Gasteiger partial charge in [-0.15, -0.1) is 0 Å². The molecule has 200 valence electrons. The summed E-state index contributed by atoms with van der Waals surface area (Å²) in [7, 11) is 0. The molecule has 9 heteroatoms. The summed E-state index contributed by atoms with van der Waals surface area (Å²) in [6.07, 6.45) is 2.31. The van der Waals surface area contributed by atoms with Crippen molar-refractivity contribution in [2.45, 2.75) is 97.4 Å². The van der Waals surface area contributed by atoms with Crippen LogP contribution in [0, 0.1) is 12.8 Å². The summed E-state index contributed by atoms with van der Waals surface area (Å²) in [5, 5.41) is 5.51. The summed E-state index contributed by atoms with van der Waals surface area (Å²) in [4.78, 5) is 53.5. The van der Waals surface area contributed by atoms with Gasteiger partial charge in [-0.2, -0.15) is 0 Å². The number of amides is 4. The van der Waals surface area contributed by atoms with E-state index in [-0.39, 0.29) is 17.9 Å². The maximum atomic E-state index is 14.0. The van der Waals surface area contributed by atoms with Crippen LogP contribution in [0.4, 0.5) is 4.79 Å². The first kappa shape index (κ1) is 29.1. The van der Waals surface area contributed by atoms with Gasteiger partial charge in [0.1, 0.15) is 17.7 Å². The number of aryl methyl sites for hydroxylation is 1. The monoisotopic (exact) mass is 502 g/mol. The molecule has 1 saturated carbocycles. The molecule has 1 aromatic carbocycles. The highest BCUT2D eigenvalue weighted by Crippen LogP contribution is 2.41. The van der Waals surface area contributed by atoms with Crippen LogP contribution in [-0.2, 0) is 19.1 Å². The second kappa shape index (κ2) is 12.7. The molecule has 4 unspecified atom stereocenters. The molecule has 0 bridgehead atoms. The van der Waals surface area contributed by atoms with Crippen LogP contribution in [0.1, 0.15) is 83.9 Å². The van der Waals surface area contributed by atoms with Crippen LogP contribution >= 0.6 is 0 Å². The van der Waals surface area contributed by atoms with Crippen molar-refractivity contribution in [1.29, 1.82) is 0 Å². The molecule has 1 aromatic rings. The highest BCUT2D eigenvalue weighted by molar-refractivity contribution is 5.95. The molecule has 1 aliphatic carbocycles. The van der Waals surface area contributed by atoms with Gasteiger partial charge in [0.25, 0.3) is 0 Å². The summed E-state index contributed by atoms with van der Waals surface area (Å²) in [6.45, 7) is 11.6. The van der Waals surface area contributed by atoms with Gasteiger partial charge in [-0.3, -0.25) is 14.4 Å². The topological polar surface area (TPSA) is 131 Å². The van der Waals surface area contributed by atoms with E-state index in [2.05, 4.69) is 17.6 Å². The lowest BCUT2D eigenvalue weighted by atomic mass is 9.97. The number of nitrogens with zero attached hydrogens (tertiary/aromatic N) is 1. The van der Waals surface area contributed by atoms with Gasteiger partial charge in [-0.25, -0.2) is 4.79 Å². The summed E-state index contributed by atoms with van der Waals surface area (Å²) < 4.78 is 5.31. The van der Waals surface area contributed by atoms with Crippen molar-refractivity contribution < 1.29 is 23.9 Å². The Morgan fingerprint density at radius 2 is 1.81 bits per heavy atom. The third-order valence-electron chi connectivity index (χ3n) is 6.16.